The first-order valence-corrected chi connectivity index (χ1v) is 10.4. The van der Waals surface area contributed by atoms with Crippen molar-refractivity contribution >= 4 is 17.2 Å². The van der Waals surface area contributed by atoms with Crippen molar-refractivity contribution in [3.05, 3.63) is 46.3 Å². The number of carbonyl (C=O) groups is 1. The SMILES string of the molecule is CN1CCN(CCCNC(=O)c2cc3c(s2)-c2ccccc2CC3)CC1. The van der Waals surface area contributed by atoms with Crippen LogP contribution < -0.4 is 5.32 Å². The molecule has 1 aliphatic carbocycles. The number of hydrogen-bond donors (Lipinski definition) is 1. The van der Waals surface area contributed by atoms with Crippen LogP contribution in [-0.2, 0) is 12.8 Å². The van der Waals surface area contributed by atoms with Gasteiger partial charge in [0, 0.05) is 37.6 Å². The summed E-state index contributed by atoms with van der Waals surface area (Å²) < 4.78 is 0. The summed E-state index contributed by atoms with van der Waals surface area (Å²) >= 11 is 1.64. The third-order valence-electron chi connectivity index (χ3n) is 5.49. The van der Waals surface area contributed by atoms with Gasteiger partial charge in [0.2, 0.25) is 0 Å². The fourth-order valence-corrected chi connectivity index (χ4v) is 5.03. The molecule has 1 amide bonds. The molecule has 0 radical (unpaired) electrons. The molecule has 4 nitrogen and oxygen atoms in total. The summed E-state index contributed by atoms with van der Waals surface area (Å²) in [5.41, 5.74) is 4.05. The van der Waals surface area contributed by atoms with Gasteiger partial charge < -0.3 is 15.1 Å². The van der Waals surface area contributed by atoms with Gasteiger partial charge in [-0.2, -0.15) is 0 Å². The summed E-state index contributed by atoms with van der Waals surface area (Å²) in [5, 5.41) is 3.11. The van der Waals surface area contributed by atoms with Gasteiger partial charge in [-0.05, 0) is 55.6 Å². The number of amides is 1. The van der Waals surface area contributed by atoms with Gasteiger partial charge >= 0.3 is 0 Å². The van der Waals surface area contributed by atoms with Gasteiger partial charge in [0.25, 0.3) is 5.91 Å². The number of likely N-dealkylation sites (N-methyl/N-ethyl adjacent to an activating group) is 1. The van der Waals surface area contributed by atoms with Crippen LogP contribution in [0.1, 0.15) is 27.2 Å². The second kappa shape index (κ2) is 7.91. The molecule has 2 aliphatic rings. The minimum atomic E-state index is 0.0836. The molecule has 2 heterocycles. The maximum atomic E-state index is 12.5. The second-order valence-electron chi connectivity index (χ2n) is 7.38. The lowest BCUT2D eigenvalue weighted by molar-refractivity contribution is 0.0953. The van der Waals surface area contributed by atoms with Crippen molar-refractivity contribution < 1.29 is 4.79 Å². The minimum Gasteiger partial charge on any atom is -0.351 e. The van der Waals surface area contributed by atoms with E-state index >= 15 is 0 Å². The Balaban J connectivity index is 1.30. The van der Waals surface area contributed by atoms with Crippen LogP contribution in [0.5, 0.6) is 0 Å². The Labute approximate surface area is 159 Å². The van der Waals surface area contributed by atoms with E-state index in [4.69, 9.17) is 0 Å². The minimum absolute atomic E-state index is 0.0836. The van der Waals surface area contributed by atoms with E-state index < -0.39 is 0 Å². The highest BCUT2D eigenvalue weighted by Crippen LogP contribution is 2.39. The average Bonchev–Trinajstić information content (AvgIpc) is 3.11. The summed E-state index contributed by atoms with van der Waals surface area (Å²) in [6.07, 6.45) is 3.13. The second-order valence-corrected chi connectivity index (χ2v) is 8.43. The van der Waals surface area contributed by atoms with Gasteiger partial charge in [-0.25, -0.2) is 0 Å². The van der Waals surface area contributed by atoms with Crippen LogP contribution in [0.15, 0.2) is 30.3 Å². The number of nitrogens with zero attached hydrogens (tertiary/aromatic N) is 2. The number of aryl methyl sites for hydroxylation is 2. The number of thiophene rings is 1. The van der Waals surface area contributed by atoms with E-state index in [-0.39, 0.29) is 5.91 Å². The van der Waals surface area contributed by atoms with Crippen molar-refractivity contribution in [2.45, 2.75) is 19.3 Å². The summed E-state index contributed by atoms with van der Waals surface area (Å²) in [7, 11) is 2.18. The predicted octanol–water partition coefficient (Wildman–Crippen LogP) is 2.88. The Hall–Kier alpha value is -1.69. The molecule has 2 aromatic rings. The lowest BCUT2D eigenvalue weighted by atomic mass is 9.91. The van der Waals surface area contributed by atoms with Crippen molar-refractivity contribution in [1.82, 2.24) is 15.1 Å². The topological polar surface area (TPSA) is 35.6 Å². The first-order chi connectivity index (χ1) is 12.7. The molecule has 0 atom stereocenters. The van der Waals surface area contributed by atoms with Gasteiger partial charge in [0.05, 0.1) is 4.88 Å². The van der Waals surface area contributed by atoms with E-state index in [2.05, 4.69) is 52.5 Å². The molecule has 1 N–H and O–H groups in total. The molecule has 26 heavy (non-hydrogen) atoms. The molecule has 5 heteroatoms. The van der Waals surface area contributed by atoms with E-state index in [1.54, 1.807) is 11.3 Å². The van der Waals surface area contributed by atoms with E-state index in [9.17, 15) is 4.79 Å². The predicted molar refractivity (Wildman–Crippen MR) is 108 cm³/mol. The fraction of sp³-hybridized carbons (Fsp3) is 0.476. The summed E-state index contributed by atoms with van der Waals surface area (Å²) in [5.74, 6) is 0.0836. The maximum absolute atomic E-state index is 12.5. The van der Waals surface area contributed by atoms with E-state index in [1.165, 1.54) is 21.6 Å². The van der Waals surface area contributed by atoms with Crippen LogP contribution >= 0.6 is 11.3 Å². The lowest BCUT2D eigenvalue weighted by Gasteiger charge is -2.32. The van der Waals surface area contributed by atoms with Crippen LogP contribution in [0.3, 0.4) is 0 Å². The number of benzene rings is 1. The zero-order chi connectivity index (χ0) is 17.9. The summed E-state index contributed by atoms with van der Waals surface area (Å²) in [4.78, 5) is 19.6. The van der Waals surface area contributed by atoms with E-state index in [0.717, 1.165) is 63.4 Å². The summed E-state index contributed by atoms with van der Waals surface area (Å²) in [6, 6.07) is 10.7. The molecule has 4 rings (SSSR count). The molecule has 0 spiro atoms. The number of fused-ring (bicyclic) bond motifs is 3. The van der Waals surface area contributed by atoms with Crippen molar-refractivity contribution in [1.29, 1.82) is 0 Å². The highest BCUT2D eigenvalue weighted by atomic mass is 32.1. The molecule has 1 aromatic carbocycles. The lowest BCUT2D eigenvalue weighted by Crippen LogP contribution is -2.45. The van der Waals surface area contributed by atoms with Crippen LogP contribution in [0.2, 0.25) is 0 Å². The molecule has 1 aromatic heterocycles. The average molecular weight is 370 g/mol. The molecule has 1 saturated heterocycles. The Morgan fingerprint density at radius 2 is 1.88 bits per heavy atom. The first kappa shape index (κ1) is 17.7. The van der Waals surface area contributed by atoms with Gasteiger partial charge in [-0.3, -0.25) is 4.79 Å². The van der Waals surface area contributed by atoms with Crippen molar-refractivity contribution in [2.75, 3.05) is 46.3 Å². The molecular formula is C21H27N3OS. The zero-order valence-electron chi connectivity index (χ0n) is 15.5. The highest BCUT2D eigenvalue weighted by molar-refractivity contribution is 7.17. The third kappa shape index (κ3) is 3.85. The standard InChI is InChI=1S/C21H27N3OS/c1-23-11-13-24(14-12-23)10-4-9-22-21(25)19-15-17-8-7-16-5-2-3-6-18(16)20(17)26-19/h2-3,5-6,15H,4,7-14H2,1H3,(H,22,25). The fourth-order valence-electron chi connectivity index (χ4n) is 3.85. The number of piperazine rings is 1. The van der Waals surface area contributed by atoms with Crippen molar-refractivity contribution in [2.24, 2.45) is 0 Å². The van der Waals surface area contributed by atoms with Crippen LogP contribution in [0, 0.1) is 0 Å². The monoisotopic (exact) mass is 369 g/mol. The molecule has 1 aliphatic heterocycles. The van der Waals surface area contributed by atoms with Gasteiger partial charge in [-0.1, -0.05) is 24.3 Å². The van der Waals surface area contributed by atoms with E-state index in [1.807, 2.05) is 0 Å². The molecule has 0 unspecified atom stereocenters. The van der Waals surface area contributed by atoms with Gasteiger partial charge in [-0.15, -0.1) is 11.3 Å². The smallest absolute Gasteiger partial charge is 0.261 e. The largest absolute Gasteiger partial charge is 0.351 e. The molecule has 0 saturated carbocycles. The van der Waals surface area contributed by atoms with Crippen molar-refractivity contribution in [3.8, 4) is 10.4 Å². The Bertz CT molecular complexity index is 777. The van der Waals surface area contributed by atoms with Crippen molar-refractivity contribution in [3.63, 3.8) is 0 Å². The zero-order valence-corrected chi connectivity index (χ0v) is 16.3. The quantitative estimate of drug-likeness (QED) is 0.823. The van der Waals surface area contributed by atoms with Gasteiger partial charge in [0.15, 0.2) is 0 Å². The number of rotatable bonds is 5. The molecule has 1 fully saturated rings. The maximum Gasteiger partial charge on any atom is 0.261 e. The normalized spacial score (nSPS) is 17.6. The highest BCUT2D eigenvalue weighted by Gasteiger charge is 2.21. The Morgan fingerprint density at radius 3 is 2.73 bits per heavy atom. The van der Waals surface area contributed by atoms with Gasteiger partial charge in [0.1, 0.15) is 0 Å². The molecule has 0 bridgehead atoms. The molecule has 138 valence electrons. The van der Waals surface area contributed by atoms with E-state index in [0.29, 0.717) is 0 Å². The van der Waals surface area contributed by atoms with Crippen LogP contribution in [-0.4, -0.2) is 62.0 Å². The third-order valence-corrected chi connectivity index (χ3v) is 6.70. The Morgan fingerprint density at radius 1 is 1.12 bits per heavy atom. The Kier molecular flexibility index (Phi) is 5.38. The first-order valence-electron chi connectivity index (χ1n) is 9.61. The van der Waals surface area contributed by atoms with Crippen LogP contribution in [0.4, 0.5) is 0 Å². The molecular weight excluding hydrogens is 342 g/mol. The van der Waals surface area contributed by atoms with Crippen LogP contribution in [0.25, 0.3) is 10.4 Å². The number of carbonyl (C=O) groups excluding carboxylic acids is 1. The number of hydrogen-bond acceptors (Lipinski definition) is 4. The number of nitrogens with one attached hydrogen (secondary N) is 1. The summed E-state index contributed by atoms with van der Waals surface area (Å²) in [6.45, 7) is 6.40.